The molecule has 3 N–H and O–H groups in total. The van der Waals surface area contributed by atoms with E-state index in [1.165, 1.54) is 12.3 Å². The molecule has 0 spiro atoms. The Hall–Kier alpha value is -2.24. The zero-order valence-electron chi connectivity index (χ0n) is 7.01. The Labute approximate surface area is 78.4 Å². The van der Waals surface area contributed by atoms with Crippen LogP contribution in [0.25, 0.3) is 11.0 Å². The number of fused-ring (bicyclic) bond motifs is 1. The van der Waals surface area contributed by atoms with E-state index in [0.29, 0.717) is 5.39 Å². The largest absolute Gasteiger partial charge is 0.477 e. The third-order valence-electron chi connectivity index (χ3n) is 1.68. The van der Waals surface area contributed by atoms with Gasteiger partial charge < -0.3 is 10.8 Å². The number of hydrogen-bond donors (Lipinski definition) is 2. The number of rotatable bonds is 1. The van der Waals surface area contributed by atoms with Crippen molar-refractivity contribution in [3.8, 4) is 0 Å². The molecule has 0 aliphatic heterocycles. The summed E-state index contributed by atoms with van der Waals surface area (Å²) in [5.74, 6) is -1.02. The van der Waals surface area contributed by atoms with Crippen molar-refractivity contribution in [1.29, 1.82) is 0 Å². The van der Waals surface area contributed by atoms with E-state index in [1.807, 2.05) is 0 Å². The summed E-state index contributed by atoms with van der Waals surface area (Å²) in [6, 6.07) is 2.98. The first-order chi connectivity index (χ1) is 6.66. The molecule has 0 amide bonds. The lowest BCUT2D eigenvalue weighted by Gasteiger charge is -1.98. The van der Waals surface area contributed by atoms with E-state index in [1.54, 1.807) is 6.07 Å². The summed E-state index contributed by atoms with van der Waals surface area (Å²) >= 11 is 0. The minimum absolute atomic E-state index is 0.0596. The Morgan fingerprint density at radius 3 is 2.86 bits per heavy atom. The van der Waals surface area contributed by atoms with Crippen molar-refractivity contribution < 1.29 is 9.90 Å². The number of pyridine rings is 1. The third-order valence-corrected chi connectivity index (χ3v) is 1.68. The van der Waals surface area contributed by atoms with Gasteiger partial charge in [0.15, 0.2) is 11.3 Å². The summed E-state index contributed by atoms with van der Waals surface area (Å²) in [5, 5.41) is 9.33. The molecule has 70 valence electrons. The summed E-state index contributed by atoms with van der Waals surface area (Å²) in [5.41, 5.74) is 5.57. The Bertz CT molecular complexity index is 512. The topological polar surface area (TPSA) is 102 Å². The van der Waals surface area contributed by atoms with Gasteiger partial charge in [0.1, 0.15) is 0 Å². The molecule has 0 saturated carbocycles. The predicted octanol–water partition coefficient (Wildman–Crippen LogP) is 0.305. The SMILES string of the molecule is Nc1ncc2ccc(C(=O)O)nc2n1. The van der Waals surface area contributed by atoms with Gasteiger partial charge in [-0.25, -0.2) is 14.8 Å². The second-order valence-corrected chi connectivity index (χ2v) is 2.64. The van der Waals surface area contributed by atoms with Crippen LogP contribution in [0, 0.1) is 0 Å². The summed E-state index contributed by atoms with van der Waals surface area (Å²) in [4.78, 5) is 22.0. The minimum atomic E-state index is -1.09. The molecule has 6 heteroatoms. The van der Waals surface area contributed by atoms with Crippen molar-refractivity contribution in [3.63, 3.8) is 0 Å². The van der Waals surface area contributed by atoms with Gasteiger partial charge in [0.2, 0.25) is 5.95 Å². The van der Waals surface area contributed by atoms with Gasteiger partial charge in [-0.15, -0.1) is 0 Å². The van der Waals surface area contributed by atoms with Gasteiger partial charge in [-0.3, -0.25) is 0 Å². The van der Waals surface area contributed by atoms with E-state index in [4.69, 9.17) is 10.8 Å². The van der Waals surface area contributed by atoms with Gasteiger partial charge in [-0.05, 0) is 12.1 Å². The summed E-state index contributed by atoms with van der Waals surface area (Å²) in [7, 11) is 0. The van der Waals surface area contributed by atoms with Crippen LogP contribution in [-0.2, 0) is 0 Å². The molecule has 14 heavy (non-hydrogen) atoms. The highest BCUT2D eigenvalue weighted by atomic mass is 16.4. The lowest BCUT2D eigenvalue weighted by atomic mass is 10.3. The Morgan fingerprint density at radius 1 is 1.36 bits per heavy atom. The van der Waals surface area contributed by atoms with Gasteiger partial charge in [0.05, 0.1) is 0 Å². The van der Waals surface area contributed by atoms with Crippen LogP contribution in [-0.4, -0.2) is 26.0 Å². The van der Waals surface area contributed by atoms with E-state index in [2.05, 4.69) is 15.0 Å². The van der Waals surface area contributed by atoms with Gasteiger partial charge in [0.25, 0.3) is 0 Å². The van der Waals surface area contributed by atoms with E-state index in [9.17, 15) is 4.79 Å². The molecule has 0 aliphatic carbocycles. The number of carboxylic acid groups (broad SMARTS) is 1. The molecular weight excluding hydrogens is 184 g/mol. The Morgan fingerprint density at radius 2 is 2.14 bits per heavy atom. The van der Waals surface area contributed by atoms with Crippen molar-refractivity contribution in [3.05, 3.63) is 24.0 Å². The molecule has 0 bridgehead atoms. The number of carboxylic acids is 1. The maximum Gasteiger partial charge on any atom is 0.354 e. The number of carbonyl (C=O) groups is 1. The fourth-order valence-electron chi connectivity index (χ4n) is 1.04. The number of aromatic nitrogens is 3. The van der Waals surface area contributed by atoms with E-state index >= 15 is 0 Å². The lowest BCUT2D eigenvalue weighted by Crippen LogP contribution is -2.02. The van der Waals surface area contributed by atoms with E-state index in [0.717, 1.165) is 0 Å². The maximum atomic E-state index is 10.6. The Balaban J connectivity index is 2.69. The average Bonchev–Trinajstić information content (AvgIpc) is 2.16. The molecule has 0 fully saturated rings. The number of nitrogens with two attached hydrogens (primary N) is 1. The van der Waals surface area contributed by atoms with Crippen LogP contribution in [0.4, 0.5) is 5.95 Å². The normalized spacial score (nSPS) is 10.3. The summed E-state index contributed by atoms with van der Waals surface area (Å²) in [6.45, 7) is 0. The number of anilines is 1. The molecular formula is C8H6N4O2. The van der Waals surface area contributed by atoms with Gasteiger partial charge in [0, 0.05) is 11.6 Å². The summed E-state index contributed by atoms with van der Waals surface area (Å²) < 4.78 is 0. The van der Waals surface area contributed by atoms with Crippen molar-refractivity contribution in [2.45, 2.75) is 0 Å². The number of nitrogen functional groups attached to an aromatic ring is 1. The molecule has 0 aliphatic rings. The second kappa shape index (κ2) is 2.91. The zero-order valence-corrected chi connectivity index (χ0v) is 7.01. The standard InChI is InChI=1S/C8H6N4O2/c9-8-10-3-4-1-2-5(7(13)14)11-6(4)12-8/h1-3H,(H,13,14)(H2,9,10,11,12). The highest BCUT2D eigenvalue weighted by Gasteiger charge is 2.06. The molecule has 6 nitrogen and oxygen atoms in total. The first-order valence-corrected chi connectivity index (χ1v) is 3.79. The number of hydrogen-bond acceptors (Lipinski definition) is 5. The quantitative estimate of drug-likeness (QED) is 0.670. The van der Waals surface area contributed by atoms with Crippen LogP contribution in [0.2, 0.25) is 0 Å². The molecule has 0 radical (unpaired) electrons. The maximum absolute atomic E-state index is 10.6. The number of nitrogens with zero attached hydrogens (tertiary/aromatic N) is 3. The molecule has 0 saturated heterocycles. The van der Waals surface area contributed by atoms with Crippen LogP contribution in [0.5, 0.6) is 0 Å². The van der Waals surface area contributed by atoms with Crippen molar-refractivity contribution in [2.75, 3.05) is 5.73 Å². The van der Waals surface area contributed by atoms with Crippen molar-refractivity contribution in [1.82, 2.24) is 15.0 Å². The van der Waals surface area contributed by atoms with E-state index in [-0.39, 0.29) is 17.3 Å². The lowest BCUT2D eigenvalue weighted by molar-refractivity contribution is 0.0691. The van der Waals surface area contributed by atoms with Crippen LogP contribution in [0.3, 0.4) is 0 Å². The molecule has 2 aromatic rings. The summed E-state index contributed by atoms with van der Waals surface area (Å²) in [6.07, 6.45) is 1.50. The zero-order chi connectivity index (χ0) is 10.1. The van der Waals surface area contributed by atoms with Gasteiger partial charge in [-0.2, -0.15) is 4.98 Å². The van der Waals surface area contributed by atoms with Crippen LogP contribution in [0.15, 0.2) is 18.3 Å². The van der Waals surface area contributed by atoms with Crippen LogP contribution < -0.4 is 5.73 Å². The fourth-order valence-corrected chi connectivity index (χ4v) is 1.04. The molecule has 0 aromatic carbocycles. The van der Waals surface area contributed by atoms with Gasteiger partial charge >= 0.3 is 5.97 Å². The first kappa shape index (κ1) is 8.36. The molecule has 2 heterocycles. The predicted molar refractivity (Wildman–Crippen MR) is 48.7 cm³/mol. The third kappa shape index (κ3) is 1.33. The monoisotopic (exact) mass is 190 g/mol. The molecule has 2 aromatic heterocycles. The van der Waals surface area contributed by atoms with Crippen molar-refractivity contribution in [2.24, 2.45) is 0 Å². The second-order valence-electron chi connectivity index (χ2n) is 2.64. The average molecular weight is 190 g/mol. The van der Waals surface area contributed by atoms with E-state index < -0.39 is 5.97 Å². The highest BCUT2D eigenvalue weighted by molar-refractivity contribution is 5.88. The van der Waals surface area contributed by atoms with Crippen LogP contribution >= 0.6 is 0 Å². The molecule has 0 unspecified atom stereocenters. The molecule has 0 atom stereocenters. The fraction of sp³-hybridized carbons (Fsp3) is 0. The first-order valence-electron chi connectivity index (χ1n) is 3.79. The number of aromatic carboxylic acids is 1. The Kier molecular flexibility index (Phi) is 1.74. The highest BCUT2D eigenvalue weighted by Crippen LogP contribution is 2.09. The van der Waals surface area contributed by atoms with Crippen molar-refractivity contribution >= 4 is 23.0 Å². The molecule has 2 rings (SSSR count). The smallest absolute Gasteiger partial charge is 0.354 e. The van der Waals surface area contributed by atoms with Gasteiger partial charge in [-0.1, -0.05) is 0 Å². The minimum Gasteiger partial charge on any atom is -0.477 e. The van der Waals surface area contributed by atoms with Crippen LogP contribution in [0.1, 0.15) is 10.5 Å².